The first-order chi connectivity index (χ1) is 8.25. The van der Waals surface area contributed by atoms with Gasteiger partial charge in [0.1, 0.15) is 0 Å². The van der Waals surface area contributed by atoms with E-state index in [1.165, 1.54) is 42.7 Å². The molecule has 0 aliphatic heterocycles. The van der Waals surface area contributed by atoms with Crippen molar-refractivity contribution in [2.75, 3.05) is 18.6 Å². The number of nitrogens with one attached hydrogen (secondary N) is 2. The fourth-order valence-corrected chi connectivity index (χ4v) is 2.39. The van der Waals surface area contributed by atoms with Gasteiger partial charge < -0.3 is 5.32 Å². The second-order valence-corrected chi connectivity index (χ2v) is 5.48. The van der Waals surface area contributed by atoms with E-state index in [2.05, 4.69) is 35.6 Å². The van der Waals surface area contributed by atoms with E-state index in [-0.39, 0.29) is 0 Å². The third-order valence-electron chi connectivity index (χ3n) is 3.03. The van der Waals surface area contributed by atoms with Gasteiger partial charge >= 0.3 is 0 Å². The van der Waals surface area contributed by atoms with E-state index in [1.54, 1.807) is 0 Å². The summed E-state index contributed by atoms with van der Waals surface area (Å²) in [7, 11) is 0. The SMILES string of the molecule is CSCCCCCCNCc1c(C)n[nH]c1C. The Hall–Kier alpha value is -0.480. The molecule has 0 bridgehead atoms. The molecule has 0 amide bonds. The Balaban J connectivity index is 2.01. The normalized spacial score (nSPS) is 11.0. The molecule has 1 aromatic rings. The molecule has 17 heavy (non-hydrogen) atoms. The largest absolute Gasteiger partial charge is 0.313 e. The van der Waals surface area contributed by atoms with E-state index in [1.807, 2.05) is 11.8 Å². The first kappa shape index (κ1) is 14.6. The molecule has 0 radical (unpaired) electrons. The summed E-state index contributed by atoms with van der Waals surface area (Å²) in [6, 6.07) is 0. The lowest BCUT2D eigenvalue weighted by Gasteiger charge is -2.05. The fraction of sp³-hybridized carbons (Fsp3) is 0.769. The molecule has 0 saturated carbocycles. The van der Waals surface area contributed by atoms with Crippen LogP contribution >= 0.6 is 11.8 Å². The minimum Gasteiger partial charge on any atom is -0.313 e. The van der Waals surface area contributed by atoms with Crippen LogP contribution in [0, 0.1) is 13.8 Å². The van der Waals surface area contributed by atoms with E-state index in [0.29, 0.717) is 0 Å². The van der Waals surface area contributed by atoms with Crippen molar-refractivity contribution in [2.45, 2.75) is 46.1 Å². The van der Waals surface area contributed by atoms with Gasteiger partial charge in [-0.15, -0.1) is 0 Å². The molecular weight excluding hydrogens is 230 g/mol. The van der Waals surface area contributed by atoms with Crippen molar-refractivity contribution in [2.24, 2.45) is 0 Å². The van der Waals surface area contributed by atoms with E-state index >= 15 is 0 Å². The van der Waals surface area contributed by atoms with Crippen LogP contribution in [0.2, 0.25) is 0 Å². The number of aryl methyl sites for hydroxylation is 2. The summed E-state index contributed by atoms with van der Waals surface area (Å²) in [4.78, 5) is 0. The highest BCUT2D eigenvalue weighted by Crippen LogP contribution is 2.08. The van der Waals surface area contributed by atoms with Crippen molar-refractivity contribution in [1.82, 2.24) is 15.5 Å². The molecular formula is C13H25N3S. The Morgan fingerprint density at radius 1 is 1.18 bits per heavy atom. The Morgan fingerprint density at radius 3 is 2.59 bits per heavy atom. The summed E-state index contributed by atoms with van der Waals surface area (Å²) in [6.45, 7) is 6.20. The second-order valence-electron chi connectivity index (χ2n) is 4.50. The number of hydrogen-bond acceptors (Lipinski definition) is 3. The summed E-state index contributed by atoms with van der Waals surface area (Å²) in [6.07, 6.45) is 7.53. The average molecular weight is 255 g/mol. The highest BCUT2D eigenvalue weighted by atomic mass is 32.2. The molecule has 0 unspecified atom stereocenters. The lowest BCUT2D eigenvalue weighted by Crippen LogP contribution is -2.15. The third-order valence-corrected chi connectivity index (χ3v) is 3.73. The number of thioether (sulfide) groups is 1. The molecule has 98 valence electrons. The standard InChI is InChI=1S/C13H25N3S/c1-11-13(12(2)16-15-11)10-14-8-6-4-5-7-9-17-3/h14H,4-10H2,1-3H3,(H,15,16). The zero-order valence-corrected chi connectivity index (χ0v) is 12.1. The minimum atomic E-state index is 0.943. The van der Waals surface area contributed by atoms with E-state index < -0.39 is 0 Å². The number of unbranched alkanes of at least 4 members (excludes halogenated alkanes) is 3. The highest BCUT2D eigenvalue weighted by Gasteiger charge is 2.04. The van der Waals surface area contributed by atoms with Crippen LogP contribution in [-0.4, -0.2) is 28.8 Å². The summed E-state index contributed by atoms with van der Waals surface area (Å²) in [5.74, 6) is 1.31. The van der Waals surface area contributed by atoms with Crippen LogP contribution in [0.1, 0.15) is 42.6 Å². The van der Waals surface area contributed by atoms with Gasteiger partial charge in [0, 0.05) is 17.8 Å². The van der Waals surface area contributed by atoms with Gasteiger partial charge in [0.15, 0.2) is 0 Å². The van der Waals surface area contributed by atoms with Gasteiger partial charge in [-0.3, -0.25) is 5.10 Å². The predicted octanol–water partition coefficient (Wildman–Crippen LogP) is 3.04. The monoisotopic (exact) mass is 255 g/mol. The smallest absolute Gasteiger partial charge is 0.0638 e. The lowest BCUT2D eigenvalue weighted by molar-refractivity contribution is 0.598. The van der Waals surface area contributed by atoms with Crippen LogP contribution in [0.4, 0.5) is 0 Å². The number of nitrogens with zero attached hydrogens (tertiary/aromatic N) is 1. The molecule has 3 nitrogen and oxygen atoms in total. The molecule has 0 aliphatic rings. The topological polar surface area (TPSA) is 40.7 Å². The molecule has 1 rings (SSSR count). The van der Waals surface area contributed by atoms with Crippen molar-refractivity contribution < 1.29 is 0 Å². The van der Waals surface area contributed by atoms with Crippen LogP contribution in [0.25, 0.3) is 0 Å². The van der Waals surface area contributed by atoms with Crippen LogP contribution < -0.4 is 5.32 Å². The van der Waals surface area contributed by atoms with Crippen molar-refractivity contribution in [1.29, 1.82) is 0 Å². The van der Waals surface area contributed by atoms with Gasteiger partial charge in [0.2, 0.25) is 0 Å². The van der Waals surface area contributed by atoms with Crippen LogP contribution in [0.5, 0.6) is 0 Å². The van der Waals surface area contributed by atoms with Gasteiger partial charge in [-0.1, -0.05) is 12.8 Å². The summed E-state index contributed by atoms with van der Waals surface area (Å²) in [5.41, 5.74) is 3.64. The number of H-pyrrole nitrogens is 1. The van der Waals surface area contributed by atoms with Crippen molar-refractivity contribution in [3.05, 3.63) is 17.0 Å². The van der Waals surface area contributed by atoms with Gasteiger partial charge in [-0.25, -0.2) is 0 Å². The Kier molecular flexibility index (Phi) is 7.37. The molecule has 0 fully saturated rings. The van der Waals surface area contributed by atoms with Crippen LogP contribution in [-0.2, 0) is 6.54 Å². The first-order valence-corrected chi connectivity index (χ1v) is 7.85. The van der Waals surface area contributed by atoms with Crippen LogP contribution in [0.15, 0.2) is 0 Å². The van der Waals surface area contributed by atoms with Crippen LogP contribution in [0.3, 0.4) is 0 Å². The quantitative estimate of drug-likeness (QED) is 0.666. The van der Waals surface area contributed by atoms with Gasteiger partial charge in [0.05, 0.1) is 5.69 Å². The van der Waals surface area contributed by atoms with E-state index in [4.69, 9.17) is 0 Å². The molecule has 1 heterocycles. The van der Waals surface area contributed by atoms with Crippen molar-refractivity contribution in [3.63, 3.8) is 0 Å². The number of rotatable bonds is 9. The molecule has 2 N–H and O–H groups in total. The molecule has 4 heteroatoms. The average Bonchev–Trinajstić information content (AvgIpc) is 2.63. The first-order valence-electron chi connectivity index (χ1n) is 6.45. The highest BCUT2D eigenvalue weighted by molar-refractivity contribution is 7.98. The third kappa shape index (κ3) is 5.59. The van der Waals surface area contributed by atoms with Crippen molar-refractivity contribution in [3.8, 4) is 0 Å². The summed E-state index contributed by atoms with van der Waals surface area (Å²) >= 11 is 1.95. The molecule has 1 aromatic heterocycles. The second kappa shape index (κ2) is 8.59. The number of hydrogen-bond donors (Lipinski definition) is 2. The maximum absolute atomic E-state index is 4.20. The van der Waals surface area contributed by atoms with E-state index in [0.717, 1.165) is 18.8 Å². The zero-order valence-electron chi connectivity index (χ0n) is 11.3. The molecule has 0 aliphatic carbocycles. The summed E-state index contributed by atoms with van der Waals surface area (Å²) in [5, 5.41) is 10.7. The zero-order chi connectivity index (χ0) is 12.5. The predicted molar refractivity (Wildman–Crippen MR) is 76.6 cm³/mol. The lowest BCUT2D eigenvalue weighted by atomic mass is 10.2. The van der Waals surface area contributed by atoms with Gasteiger partial charge in [0.25, 0.3) is 0 Å². The Labute approximate surface area is 109 Å². The molecule has 0 atom stereocenters. The minimum absolute atomic E-state index is 0.943. The van der Waals surface area contributed by atoms with Crippen molar-refractivity contribution >= 4 is 11.8 Å². The molecule has 0 spiro atoms. The number of aromatic nitrogens is 2. The maximum atomic E-state index is 4.20. The fourth-order valence-electron chi connectivity index (χ4n) is 1.90. The van der Waals surface area contributed by atoms with Gasteiger partial charge in [-0.2, -0.15) is 16.9 Å². The van der Waals surface area contributed by atoms with E-state index in [9.17, 15) is 0 Å². The maximum Gasteiger partial charge on any atom is 0.0638 e. The Bertz CT molecular complexity index is 290. The van der Waals surface area contributed by atoms with Gasteiger partial charge in [-0.05, 0) is 45.2 Å². The molecule has 0 saturated heterocycles. The summed E-state index contributed by atoms with van der Waals surface area (Å²) < 4.78 is 0. The molecule has 0 aromatic carbocycles. The Morgan fingerprint density at radius 2 is 1.94 bits per heavy atom. The number of aromatic amines is 1.